The first-order valence-electron chi connectivity index (χ1n) is 7.80. The lowest BCUT2D eigenvalue weighted by Crippen LogP contribution is -2.36. The SMILES string of the molecule is COc1nc(N)c(C#N)c(-c2ccc(N3CCOCC3)cc2)c1C#N. The fourth-order valence-corrected chi connectivity index (χ4v) is 2.89. The van der Waals surface area contributed by atoms with Crippen molar-refractivity contribution in [2.75, 3.05) is 44.0 Å². The first-order chi connectivity index (χ1) is 12.2. The van der Waals surface area contributed by atoms with E-state index in [1.54, 1.807) is 0 Å². The van der Waals surface area contributed by atoms with Crippen molar-refractivity contribution in [2.45, 2.75) is 0 Å². The van der Waals surface area contributed by atoms with Gasteiger partial charge in [0, 0.05) is 24.3 Å². The summed E-state index contributed by atoms with van der Waals surface area (Å²) in [5, 5.41) is 19.0. The third-order valence-corrected chi connectivity index (χ3v) is 4.14. The Balaban J connectivity index is 2.08. The molecule has 1 aliphatic heterocycles. The topological polar surface area (TPSA) is 108 Å². The smallest absolute Gasteiger partial charge is 0.234 e. The molecule has 1 aromatic carbocycles. The second kappa shape index (κ2) is 7.08. The van der Waals surface area contributed by atoms with Gasteiger partial charge in [0.05, 0.1) is 20.3 Å². The summed E-state index contributed by atoms with van der Waals surface area (Å²) in [6.45, 7) is 3.08. The minimum atomic E-state index is 0.0469. The number of nitrogens with two attached hydrogens (primary N) is 1. The maximum atomic E-state index is 9.52. The van der Waals surface area contributed by atoms with E-state index < -0.39 is 0 Å². The summed E-state index contributed by atoms with van der Waals surface area (Å²) >= 11 is 0. The number of ether oxygens (including phenoxy) is 2. The molecule has 2 N–H and O–H groups in total. The number of hydrogen-bond donors (Lipinski definition) is 1. The molecule has 0 bridgehead atoms. The number of methoxy groups -OCH3 is 1. The van der Waals surface area contributed by atoms with Gasteiger partial charge in [-0.25, -0.2) is 0 Å². The fraction of sp³-hybridized carbons (Fsp3) is 0.278. The molecule has 0 spiro atoms. The van der Waals surface area contributed by atoms with E-state index in [9.17, 15) is 10.5 Å². The van der Waals surface area contributed by atoms with Crippen molar-refractivity contribution in [2.24, 2.45) is 0 Å². The van der Waals surface area contributed by atoms with Gasteiger partial charge in [0.2, 0.25) is 5.88 Å². The highest BCUT2D eigenvalue weighted by Crippen LogP contribution is 2.35. The van der Waals surface area contributed by atoms with Crippen LogP contribution in [0.5, 0.6) is 5.88 Å². The zero-order chi connectivity index (χ0) is 17.8. The van der Waals surface area contributed by atoms with Crippen LogP contribution in [0.25, 0.3) is 11.1 Å². The van der Waals surface area contributed by atoms with Gasteiger partial charge in [0.25, 0.3) is 0 Å². The van der Waals surface area contributed by atoms with Gasteiger partial charge in [0.15, 0.2) is 0 Å². The highest BCUT2D eigenvalue weighted by atomic mass is 16.5. The average Bonchev–Trinajstić information content (AvgIpc) is 2.67. The Morgan fingerprint density at radius 2 is 1.76 bits per heavy atom. The monoisotopic (exact) mass is 335 g/mol. The summed E-state index contributed by atoms with van der Waals surface area (Å²) < 4.78 is 10.5. The number of rotatable bonds is 3. The van der Waals surface area contributed by atoms with Crippen molar-refractivity contribution in [3.05, 3.63) is 35.4 Å². The number of benzene rings is 1. The van der Waals surface area contributed by atoms with Gasteiger partial charge < -0.3 is 20.1 Å². The molecule has 2 aromatic rings. The van der Waals surface area contributed by atoms with Gasteiger partial charge in [-0.3, -0.25) is 0 Å². The summed E-state index contributed by atoms with van der Waals surface area (Å²) in [4.78, 5) is 6.23. The summed E-state index contributed by atoms with van der Waals surface area (Å²) in [6.07, 6.45) is 0. The number of aromatic nitrogens is 1. The molecule has 126 valence electrons. The van der Waals surface area contributed by atoms with Crippen LogP contribution in [0.15, 0.2) is 24.3 Å². The molecule has 1 fully saturated rings. The zero-order valence-corrected chi connectivity index (χ0v) is 13.8. The molecule has 7 heteroatoms. The maximum absolute atomic E-state index is 9.52. The van der Waals surface area contributed by atoms with Gasteiger partial charge in [-0.15, -0.1) is 0 Å². The van der Waals surface area contributed by atoms with Gasteiger partial charge in [-0.05, 0) is 17.7 Å². The molecule has 1 aromatic heterocycles. The first kappa shape index (κ1) is 16.6. The average molecular weight is 335 g/mol. The van der Waals surface area contributed by atoms with Crippen LogP contribution in [-0.4, -0.2) is 38.4 Å². The van der Waals surface area contributed by atoms with Crippen LogP contribution in [0.2, 0.25) is 0 Å². The second-order valence-electron chi connectivity index (χ2n) is 5.50. The lowest BCUT2D eigenvalue weighted by molar-refractivity contribution is 0.122. The molecule has 0 atom stereocenters. The maximum Gasteiger partial charge on any atom is 0.234 e. The van der Waals surface area contributed by atoms with E-state index in [1.165, 1.54) is 7.11 Å². The summed E-state index contributed by atoms with van der Waals surface area (Å²) in [6, 6.07) is 11.8. The molecule has 0 amide bonds. The summed E-state index contributed by atoms with van der Waals surface area (Å²) in [5.41, 5.74) is 8.48. The van der Waals surface area contributed by atoms with Crippen LogP contribution in [-0.2, 0) is 4.74 Å². The second-order valence-corrected chi connectivity index (χ2v) is 5.50. The molecule has 3 rings (SSSR count). The third-order valence-electron chi connectivity index (χ3n) is 4.14. The Labute approximate surface area is 145 Å². The number of nitriles is 2. The highest BCUT2D eigenvalue weighted by molar-refractivity contribution is 5.83. The van der Waals surface area contributed by atoms with E-state index >= 15 is 0 Å². The van der Waals surface area contributed by atoms with E-state index in [4.69, 9.17) is 15.2 Å². The van der Waals surface area contributed by atoms with E-state index in [0.29, 0.717) is 18.8 Å². The van der Waals surface area contributed by atoms with Crippen LogP contribution in [0.4, 0.5) is 11.5 Å². The van der Waals surface area contributed by atoms with Crippen molar-refractivity contribution < 1.29 is 9.47 Å². The molecule has 7 nitrogen and oxygen atoms in total. The van der Waals surface area contributed by atoms with Crippen molar-refractivity contribution in [1.82, 2.24) is 4.98 Å². The van der Waals surface area contributed by atoms with Crippen LogP contribution in [0, 0.1) is 22.7 Å². The highest BCUT2D eigenvalue weighted by Gasteiger charge is 2.21. The normalized spacial score (nSPS) is 13.8. The lowest BCUT2D eigenvalue weighted by atomic mass is 9.96. The number of anilines is 2. The van der Waals surface area contributed by atoms with Gasteiger partial charge in [0.1, 0.15) is 29.1 Å². The Hall–Kier alpha value is -3.29. The van der Waals surface area contributed by atoms with Gasteiger partial charge in [-0.1, -0.05) is 12.1 Å². The predicted octanol–water partition coefficient (Wildman–Crippen LogP) is 1.92. The Morgan fingerprint density at radius 3 is 2.32 bits per heavy atom. The van der Waals surface area contributed by atoms with Crippen molar-refractivity contribution >= 4 is 11.5 Å². The molecular weight excluding hydrogens is 318 g/mol. The van der Waals surface area contributed by atoms with Crippen LogP contribution in [0.1, 0.15) is 11.1 Å². The Bertz CT molecular complexity index is 859. The molecule has 25 heavy (non-hydrogen) atoms. The molecule has 2 heterocycles. The Kier molecular flexibility index (Phi) is 4.69. The molecule has 0 radical (unpaired) electrons. The minimum Gasteiger partial charge on any atom is -0.480 e. The fourth-order valence-electron chi connectivity index (χ4n) is 2.89. The third kappa shape index (κ3) is 3.06. The molecule has 1 aliphatic rings. The molecule has 0 saturated carbocycles. The van der Waals surface area contributed by atoms with Crippen LogP contribution < -0.4 is 15.4 Å². The quantitative estimate of drug-likeness (QED) is 0.912. The van der Waals surface area contributed by atoms with Crippen molar-refractivity contribution in [1.29, 1.82) is 10.5 Å². The molecule has 0 unspecified atom stereocenters. The first-order valence-corrected chi connectivity index (χ1v) is 7.80. The summed E-state index contributed by atoms with van der Waals surface area (Å²) in [7, 11) is 1.42. The van der Waals surface area contributed by atoms with Crippen LogP contribution >= 0.6 is 0 Å². The predicted molar refractivity (Wildman–Crippen MR) is 93.1 cm³/mol. The van der Waals surface area contributed by atoms with Crippen molar-refractivity contribution in [3.8, 4) is 29.1 Å². The van der Waals surface area contributed by atoms with E-state index in [0.717, 1.165) is 24.3 Å². The standard InChI is InChI=1S/C18H17N5O2/c1-24-18-15(11-20)16(14(10-19)17(21)22-18)12-2-4-13(5-3-12)23-6-8-25-9-7-23/h2-5H,6-9H2,1H3,(H2,21,22). The van der Waals surface area contributed by atoms with E-state index in [2.05, 4.69) is 16.0 Å². The molecular formula is C18H17N5O2. The van der Waals surface area contributed by atoms with Gasteiger partial charge in [-0.2, -0.15) is 15.5 Å². The number of nitrogens with zero attached hydrogens (tertiary/aromatic N) is 4. The minimum absolute atomic E-state index is 0.0469. The number of nitrogen functional groups attached to an aromatic ring is 1. The van der Waals surface area contributed by atoms with E-state index in [-0.39, 0.29) is 22.8 Å². The molecule has 0 aliphatic carbocycles. The zero-order valence-electron chi connectivity index (χ0n) is 13.8. The number of hydrogen-bond acceptors (Lipinski definition) is 7. The summed E-state index contributed by atoms with van der Waals surface area (Å²) in [5.74, 6) is 0.164. The lowest BCUT2D eigenvalue weighted by Gasteiger charge is -2.29. The van der Waals surface area contributed by atoms with Crippen LogP contribution in [0.3, 0.4) is 0 Å². The molecule has 1 saturated heterocycles. The number of pyridine rings is 1. The van der Waals surface area contributed by atoms with E-state index in [1.807, 2.05) is 30.3 Å². The largest absolute Gasteiger partial charge is 0.480 e. The number of morpholine rings is 1. The van der Waals surface area contributed by atoms with Crippen molar-refractivity contribution in [3.63, 3.8) is 0 Å². The van der Waals surface area contributed by atoms with Gasteiger partial charge >= 0.3 is 0 Å². The Morgan fingerprint density at radius 1 is 1.12 bits per heavy atom.